The Labute approximate surface area is 152 Å². The molecule has 6 heteroatoms. The third-order valence-electron chi connectivity index (χ3n) is 5.04. The monoisotopic (exact) mass is 347 g/mol. The van der Waals surface area contributed by atoms with Crippen LogP contribution in [0.1, 0.15) is 37.3 Å². The van der Waals surface area contributed by atoms with Crippen LogP contribution in [0.15, 0.2) is 42.6 Å². The van der Waals surface area contributed by atoms with Gasteiger partial charge in [0.2, 0.25) is 5.88 Å². The summed E-state index contributed by atoms with van der Waals surface area (Å²) in [6.07, 6.45) is 5.76. The molecule has 0 radical (unpaired) electrons. The third kappa shape index (κ3) is 2.97. The smallest absolute Gasteiger partial charge is 0.227 e. The lowest BCUT2D eigenvalue weighted by Crippen LogP contribution is -2.23. The Balaban J connectivity index is 1.69. The summed E-state index contributed by atoms with van der Waals surface area (Å²) in [5.74, 6) is 0.853. The molecule has 4 rings (SSSR count). The van der Waals surface area contributed by atoms with Crippen LogP contribution >= 0.6 is 0 Å². The van der Waals surface area contributed by atoms with E-state index in [0.717, 1.165) is 42.1 Å². The highest BCUT2D eigenvalue weighted by Gasteiger charge is 2.29. The molecule has 0 unspecified atom stereocenters. The Bertz CT molecular complexity index is 944. The number of nitriles is 1. The van der Waals surface area contributed by atoms with E-state index in [0.29, 0.717) is 18.3 Å². The molecule has 0 bridgehead atoms. The van der Waals surface area contributed by atoms with Gasteiger partial charge >= 0.3 is 0 Å². The van der Waals surface area contributed by atoms with Gasteiger partial charge in [-0.3, -0.25) is 4.68 Å². The maximum absolute atomic E-state index is 9.51. The summed E-state index contributed by atoms with van der Waals surface area (Å²) >= 11 is 0. The quantitative estimate of drug-likeness (QED) is 0.774. The van der Waals surface area contributed by atoms with Crippen molar-refractivity contribution in [3.63, 3.8) is 0 Å². The van der Waals surface area contributed by atoms with Gasteiger partial charge in [0.1, 0.15) is 12.0 Å². The molecule has 1 aromatic carbocycles. The SMILES string of the molecule is N#C[C@@H]1CCCC[C@@H]1n1nc(N)c2c(OCc3ccccc3)nccc21. The Morgan fingerprint density at radius 1 is 1.19 bits per heavy atom. The number of rotatable bonds is 4. The van der Waals surface area contributed by atoms with E-state index < -0.39 is 0 Å². The number of nitrogens with two attached hydrogens (primary N) is 1. The molecule has 26 heavy (non-hydrogen) atoms. The molecule has 1 saturated carbocycles. The van der Waals surface area contributed by atoms with Crippen LogP contribution in [0, 0.1) is 17.2 Å². The molecule has 0 spiro atoms. The molecular formula is C20H21N5O. The number of nitrogen functional groups attached to an aromatic ring is 1. The maximum Gasteiger partial charge on any atom is 0.227 e. The van der Waals surface area contributed by atoms with Gasteiger partial charge in [-0.1, -0.05) is 43.2 Å². The maximum atomic E-state index is 9.51. The summed E-state index contributed by atoms with van der Waals surface area (Å²) in [7, 11) is 0. The predicted octanol–water partition coefficient (Wildman–Crippen LogP) is 3.85. The van der Waals surface area contributed by atoms with E-state index in [1.807, 2.05) is 41.1 Å². The molecule has 0 amide bonds. The summed E-state index contributed by atoms with van der Waals surface area (Å²) in [5, 5.41) is 14.8. The number of aromatic nitrogens is 3. The number of ether oxygens (including phenoxy) is 1. The van der Waals surface area contributed by atoms with Gasteiger partial charge in [-0.25, -0.2) is 4.98 Å². The zero-order valence-corrected chi connectivity index (χ0v) is 14.5. The number of hydrogen-bond acceptors (Lipinski definition) is 5. The van der Waals surface area contributed by atoms with Crippen molar-refractivity contribution in [2.45, 2.75) is 38.3 Å². The van der Waals surface area contributed by atoms with Crippen LogP contribution in [0.25, 0.3) is 10.9 Å². The molecule has 1 fully saturated rings. The van der Waals surface area contributed by atoms with E-state index in [9.17, 15) is 5.26 Å². The fraction of sp³-hybridized carbons (Fsp3) is 0.350. The fourth-order valence-corrected chi connectivity index (χ4v) is 3.73. The molecule has 1 aliphatic carbocycles. The van der Waals surface area contributed by atoms with Gasteiger partial charge in [0.05, 0.1) is 23.5 Å². The number of anilines is 1. The van der Waals surface area contributed by atoms with E-state index in [2.05, 4.69) is 16.2 Å². The molecule has 2 heterocycles. The van der Waals surface area contributed by atoms with Crippen molar-refractivity contribution in [1.82, 2.24) is 14.8 Å². The van der Waals surface area contributed by atoms with Crippen molar-refractivity contribution in [3.8, 4) is 11.9 Å². The average molecular weight is 347 g/mol. The summed E-state index contributed by atoms with van der Waals surface area (Å²) in [6, 6.07) is 14.3. The number of benzene rings is 1. The van der Waals surface area contributed by atoms with Gasteiger partial charge in [0.15, 0.2) is 5.82 Å². The van der Waals surface area contributed by atoms with E-state index in [4.69, 9.17) is 10.5 Å². The topological polar surface area (TPSA) is 89.8 Å². The van der Waals surface area contributed by atoms with Crippen LogP contribution in [-0.4, -0.2) is 14.8 Å². The van der Waals surface area contributed by atoms with Crippen molar-refractivity contribution in [2.24, 2.45) is 5.92 Å². The second-order valence-electron chi connectivity index (χ2n) is 6.70. The van der Waals surface area contributed by atoms with Crippen LogP contribution in [0.2, 0.25) is 0 Å². The fourth-order valence-electron chi connectivity index (χ4n) is 3.73. The van der Waals surface area contributed by atoms with Crippen molar-refractivity contribution < 1.29 is 4.74 Å². The first kappa shape index (κ1) is 16.4. The third-order valence-corrected chi connectivity index (χ3v) is 5.04. The number of pyridine rings is 1. The molecular weight excluding hydrogens is 326 g/mol. The standard InChI is InChI=1S/C20H21N5O/c21-12-15-8-4-5-9-16(15)25-17-10-11-23-20(18(17)19(22)24-25)26-13-14-6-2-1-3-7-14/h1-3,6-7,10-11,15-16H,4-5,8-9,13H2,(H2,22,24)/t15-,16-/m0/s1. The minimum Gasteiger partial charge on any atom is -0.472 e. The normalized spacial score (nSPS) is 20.0. The van der Waals surface area contributed by atoms with E-state index >= 15 is 0 Å². The first-order chi connectivity index (χ1) is 12.8. The molecule has 6 nitrogen and oxygen atoms in total. The van der Waals surface area contributed by atoms with Crippen LogP contribution in [0.3, 0.4) is 0 Å². The Morgan fingerprint density at radius 2 is 2.00 bits per heavy atom. The lowest BCUT2D eigenvalue weighted by atomic mass is 9.85. The minimum atomic E-state index is -0.0342. The van der Waals surface area contributed by atoms with Gasteiger partial charge in [-0.15, -0.1) is 0 Å². The molecule has 2 N–H and O–H groups in total. The molecule has 132 valence electrons. The van der Waals surface area contributed by atoms with Crippen molar-refractivity contribution in [3.05, 3.63) is 48.2 Å². The molecule has 0 saturated heterocycles. The second kappa shape index (κ2) is 7.04. The van der Waals surface area contributed by atoms with Crippen molar-refractivity contribution >= 4 is 16.7 Å². The van der Waals surface area contributed by atoms with Gasteiger partial charge < -0.3 is 10.5 Å². The highest BCUT2D eigenvalue weighted by atomic mass is 16.5. The zero-order valence-electron chi connectivity index (χ0n) is 14.5. The molecule has 1 aliphatic rings. The lowest BCUT2D eigenvalue weighted by Gasteiger charge is -2.27. The number of hydrogen-bond donors (Lipinski definition) is 1. The van der Waals surface area contributed by atoms with Gasteiger partial charge in [0, 0.05) is 6.20 Å². The Kier molecular flexibility index (Phi) is 4.44. The van der Waals surface area contributed by atoms with Crippen molar-refractivity contribution in [2.75, 3.05) is 5.73 Å². The largest absolute Gasteiger partial charge is 0.472 e. The molecule has 0 aliphatic heterocycles. The van der Waals surface area contributed by atoms with Gasteiger partial charge in [-0.2, -0.15) is 10.4 Å². The lowest BCUT2D eigenvalue weighted by molar-refractivity contribution is 0.277. The van der Waals surface area contributed by atoms with Crippen molar-refractivity contribution in [1.29, 1.82) is 5.26 Å². The van der Waals surface area contributed by atoms with E-state index in [1.165, 1.54) is 0 Å². The first-order valence-electron chi connectivity index (χ1n) is 8.97. The average Bonchev–Trinajstić information content (AvgIpc) is 3.04. The summed E-state index contributed by atoms with van der Waals surface area (Å²) in [4.78, 5) is 4.36. The number of nitrogens with zero attached hydrogens (tertiary/aromatic N) is 4. The molecule has 2 atom stereocenters. The number of fused-ring (bicyclic) bond motifs is 1. The highest BCUT2D eigenvalue weighted by molar-refractivity contribution is 5.93. The minimum absolute atomic E-state index is 0.0342. The van der Waals surface area contributed by atoms with Crippen LogP contribution in [0.4, 0.5) is 5.82 Å². The Morgan fingerprint density at radius 3 is 2.81 bits per heavy atom. The first-order valence-corrected chi connectivity index (χ1v) is 8.97. The van der Waals surface area contributed by atoms with E-state index in [1.54, 1.807) is 6.20 Å². The molecule has 3 aromatic rings. The van der Waals surface area contributed by atoms with Crippen LogP contribution in [-0.2, 0) is 6.61 Å². The van der Waals surface area contributed by atoms with Gasteiger partial charge in [-0.05, 0) is 24.5 Å². The van der Waals surface area contributed by atoms with Crippen LogP contribution in [0.5, 0.6) is 5.88 Å². The zero-order chi connectivity index (χ0) is 17.9. The summed E-state index contributed by atoms with van der Waals surface area (Å²) in [5.41, 5.74) is 8.15. The Hall–Kier alpha value is -3.07. The van der Waals surface area contributed by atoms with E-state index in [-0.39, 0.29) is 12.0 Å². The predicted molar refractivity (Wildman–Crippen MR) is 99.3 cm³/mol. The van der Waals surface area contributed by atoms with Gasteiger partial charge in [0.25, 0.3) is 0 Å². The summed E-state index contributed by atoms with van der Waals surface area (Å²) < 4.78 is 7.84. The highest BCUT2D eigenvalue weighted by Crippen LogP contribution is 2.38. The second-order valence-corrected chi connectivity index (χ2v) is 6.70. The van der Waals surface area contributed by atoms with Crippen LogP contribution < -0.4 is 10.5 Å². The summed E-state index contributed by atoms with van der Waals surface area (Å²) in [6.45, 7) is 0.418. The molecule has 2 aromatic heterocycles.